The lowest BCUT2D eigenvalue weighted by atomic mass is 9.98. The van der Waals surface area contributed by atoms with E-state index in [1.165, 1.54) is 4.90 Å². The van der Waals surface area contributed by atoms with Gasteiger partial charge in [-0.1, -0.05) is 6.42 Å². The van der Waals surface area contributed by atoms with Gasteiger partial charge in [-0.2, -0.15) is 5.26 Å². The van der Waals surface area contributed by atoms with Crippen LogP contribution >= 0.6 is 24.8 Å². The van der Waals surface area contributed by atoms with Crippen LogP contribution in [0.3, 0.4) is 0 Å². The smallest absolute Gasteiger partial charge is 0.240 e. The highest BCUT2D eigenvalue weighted by atomic mass is 35.5. The first-order valence-corrected chi connectivity index (χ1v) is 6.95. The van der Waals surface area contributed by atoms with Gasteiger partial charge >= 0.3 is 0 Å². The number of hydrogen-bond acceptors (Lipinski definition) is 4. The Balaban J connectivity index is 0.00000200. The minimum Gasteiger partial charge on any atom is -0.322 e. The number of halogens is 3. The molecule has 0 bridgehead atoms. The Morgan fingerprint density at radius 3 is 2.76 bits per heavy atom. The zero-order chi connectivity index (χ0) is 13.8. The van der Waals surface area contributed by atoms with Crippen LogP contribution in [0.2, 0.25) is 0 Å². The number of amides is 1. The molecule has 1 amide bonds. The van der Waals surface area contributed by atoms with Crippen LogP contribution < -0.4 is 11.1 Å². The second-order valence-electron chi connectivity index (χ2n) is 5.46. The van der Waals surface area contributed by atoms with Gasteiger partial charge in [-0.3, -0.25) is 4.79 Å². The summed E-state index contributed by atoms with van der Waals surface area (Å²) in [5.41, 5.74) is 5.93. The molecule has 2 unspecified atom stereocenters. The zero-order valence-electron chi connectivity index (χ0n) is 11.8. The summed E-state index contributed by atoms with van der Waals surface area (Å²) in [6.07, 6.45) is 2.89. The van der Waals surface area contributed by atoms with Crippen LogP contribution in [0.1, 0.15) is 32.1 Å². The average molecular weight is 341 g/mol. The molecule has 4 atom stereocenters. The van der Waals surface area contributed by atoms with Crippen molar-refractivity contribution in [2.24, 2.45) is 5.73 Å². The molecular weight excluding hydrogens is 318 g/mol. The number of likely N-dealkylation sites (tertiary alicyclic amines) is 1. The molecule has 2 heterocycles. The molecule has 3 N–H and O–H groups in total. The van der Waals surface area contributed by atoms with Gasteiger partial charge in [0, 0.05) is 12.5 Å². The zero-order valence-corrected chi connectivity index (χ0v) is 13.5. The van der Waals surface area contributed by atoms with E-state index in [1.807, 2.05) is 6.07 Å². The van der Waals surface area contributed by atoms with Crippen molar-refractivity contribution in [3.63, 3.8) is 0 Å². The van der Waals surface area contributed by atoms with E-state index in [4.69, 9.17) is 11.0 Å². The average Bonchev–Trinajstić information content (AvgIpc) is 2.80. The topological polar surface area (TPSA) is 82.2 Å². The number of rotatable bonds is 3. The second kappa shape index (κ2) is 9.42. The van der Waals surface area contributed by atoms with Crippen LogP contribution in [0, 0.1) is 11.3 Å². The first-order chi connectivity index (χ1) is 9.11. The van der Waals surface area contributed by atoms with Crippen LogP contribution in [-0.2, 0) is 4.79 Å². The predicted molar refractivity (Wildman–Crippen MR) is 83.4 cm³/mol. The maximum absolute atomic E-state index is 13.3. The van der Waals surface area contributed by atoms with Crippen LogP contribution in [0.4, 0.5) is 4.39 Å². The molecule has 2 rings (SSSR count). The van der Waals surface area contributed by atoms with E-state index in [1.54, 1.807) is 0 Å². The highest BCUT2D eigenvalue weighted by Gasteiger charge is 2.37. The molecule has 0 aromatic heterocycles. The molecule has 0 aliphatic carbocycles. The molecule has 2 aliphatic heterocycles. The van der Waals surface area contributed by atoms with Gasteiger partial charge in [0.05, 0.1) is 18.7 Å². The van der Waals surface area contributed by atoms with E-state index in [2.05, 4.69) is 5.32 Å². The largest absolute Gasteiger partial charge is 0.322 e. The summed E-state index contributed by atoms with van der Waals surface area (Å²) < 4.78 is 13.3. The number of hydrogen-bond donors (Lipinski definition) is 2. The minimum absolute atomic E-state index is 0. The maximum Gasteiger partial charge on any atom is 0.240 e. The molecule has 5 nitrogen and oxygen atoms in total. The number of nitriles is 1. The van der Waals surface area contributed by atoms with Crippen molar-refractivity contribution in [3.05, 3.63) is 0 Å². The molecule has 21 heavy (non-hydrogen) atoms. The van der Waals surface area contributed by atoms with E-state index in [9.17, 15) is 9.18 Å². The van der Waals surface area contributed by atoms with Crippen molar-refractivity contribution in [1.82, 2.24) is 10.2 Å². The summed E-state index contributed by atoms with van der Waals surface area (Å²) in [4.78, 5) is 13.5. The quantitative estimate of drug-likeness (QED) is 0.807. The fourth-order valence-corrected chi connectivity index (χ4v) is 2.90. The second-order valence-corrected chi connectivity index (χ2v) is 5.46. The Morgan fingerprint density at radius 1 is 1.48 bits per heavy atom. The van der Waals surface area contributed by atoms with Gasteiger partial charge in [0.2, 0.25) is 5.91 Å². The van der Waals surface area contributed by atoms with Crippen molar-refractivity contribution >= 4 is 30.7 Å². The van der Waals surface area contributed by atoms with Crippen LogP contribution in [0.5, 0.6) is 0 Å². The van der Waals surface area contributed by atoms with Crippen molar-refractivity contribution in [3.8, 4) is 6.07 Å². The number of alkyl halides is 1. The molecule has 2 aliphatic rings. The summed E-state index contributed by atoms with van der Waals surface area (Å²) in [5, 5.41) is 12.3. The Labute approximate surface area is 137 Å². The van der Waals surface area contributed by atoms with Gasteiger partial charge < -0.3 is 16.0 Å². The van der Waals surface area contributed by atoms with Crippen molar-refractivity contribution < 1.29 is 9.18 Å². The van der Waals surface area contributed by atoms with Gasteiger partial charge in [-0.25, -0.2) is 4.39 Å². The molecule has 0 spiro atoms. The van der Waals surface area contributed by atoms with Gasteiger partial charge in [0.1, 0.15) is 12.2 Å². The molecule has 2 fully saturated rings. The molecule has 122 valence electrons. The highest BCUT2D eigenvalue weighted by molar-refractivity contribution is 5.85. The number of nitrogens with zero attached hydrogens (tertiary/aromatic N) is 2. The van der Waals surface area contributed by atoms with Crippen LogP contribution in [0.15, 0.2) is 0 Å². The Kier molecular flexibility index (Phi) is 9.14. The molecule has 8 heteroatoms. The molecule has 0 aromatic carbocycles. The molecule has 2 saturated heterocycles. The highest BCUT2D eigenvalue weighted by Crippen LogP contribution is 2.21. The SMILES string of the molecule is Cl.Cl.N#CC1CC(F)CN1C(=O)[C@@H](N)C[C@@H]1CCCCN1. The Hall–Kier alpha value is -0.610. The van der Waals surface area contributed by atoms with Crippen molar-refractivity contribution in [2.45, 2.75) is 56.4 Å². The summed E-state index contributed by atoms with van der Waals surface area (Å²) in [6, 6.07) is 0.938. The van der Waals surface area contributed by atoms with E-state index in [0.717, 1.165) is 25.8 Å². The lowest BCUT2D eigenvalue weighted by molar-refractivity contribution is -0.133. The third-order valence-electron chi connectivity index (χ3n) is 3.95. The number of piperidine rings is 1. The Morgan fingerprint density at radius 2 is 2.19 bits per heavy atom. The normalized spacial score (nSPS) is 29.8. The van der Waals surface area contributed by atoms with Crippen LogP contribution in [-0.4, -0.2) is 48.2 Å². The first kappa shape index (κ1) is 20.4. The van der Waals surface area contributed by atoms with Gasteiger partial charge in [-0.05, 0) is 25.8 Å². The predicted octanol–water partition coefficient (Wildman–Crippen LogP) is 1.15. The molecule has 0 aromatic rings. The number of carbonyl (C=O) groups excluding carboxylic acids is 1. The fourth-order valence-electron chi connectivity index (χ4n) is 2.90. The van der Waals surface area contributed by atoms with Gasteiger partial charge in [0.25, 0.3) is 0 Å². The van der Waals surface area contributed by atoms with Crippen LogP contribution in [0.25, 0.3) is 0 Å². The fraction of sp³-hybridized carbons (Fsp3) is 0.846. The third-order valence-corrected chi connectivity index (χ3v) is 3.95. The number of carbonyl (C=O) groups is 1. The summed E-state index contributed by atoms with van der Waals surface area (Å²) in [7, 11) is 0. The number of nitrogens with two attached hydrogens (primary N) is 1. The maximum atomic E-state index is 13.3. The lowest BCUT2D eigenvalue weighted by Crippen LogP contribution is -2.49. The summed E-state index contributed by atoms with van der Waals surface area (Å²) in [5.74, 6) is -0.293. The summed E-state index contributed by atoms with van der Waals surface area (Å²) in [6.45, 7) is 0.964. The van der Waals surface area contributed by atoms with Crippen molar-refractivity contribution in [1.29, 1.82) is 5.26 Å². The third kappa shape index (κ3) is 5.26. The Bertz CT molecular complexity index is 374. The van der Waals surface area contributed by atoms with E-state index in [-0.39, 0.29) is 49.7 Å². The molecule has 0 saturated carbocycles. The van der Waals surface area contributed by atoms with E-state index < -0.39 is 18.3 Å². The molecular formula is C13H23Cl2FN4O. The van der Waals surface area contributed by atoms with E-state index in [0.29, 0.717) is 6.42 Å². The number of nitrogens with one attached hydrogen (secondary N) is 1. The monoisotopic (exact) mass is 340 g/mol. The standard InChI is InChI=1S/C13H21FN4O.2ClH/c14-9-5-11(7-15)18(8-9)13(19)12(16)6-10-3-1-2-4-17-10;;/h9-12,17H,1-6,8,16H2;2*1H/t9?,10-,11?,12-;;/m0../s1. The lowest BCUT2D eigenvalue weighted by Gasteiger charge is -2.28. The first-order valence-electron chi connectivity index (χ1n) is 6.95. The molecule has 0 radical (unpaired) electrons. The minimum atomic E-state index is -1.10. The van der Waals surface area contributed by atoms with Gasteiger partial charge in [0.15, 0.2) is 0 Å². The van der Waals surface area contributed by atoms with E-state index >= 15 is 0 Å². The van der Waals surface area contributed by atoms with Crippen molar-refractivity contribution in [2.75, 3.05) is 13.1 Å². The van der Waals surface area contributed by atoms with Gasteiger partial charge in [-0.15, -0.1) is 24.8 Å². The summed E-state index contributed by atoms with van der Waals surface area (Å²) >= 11 is 0.